The molecule has 6 rings (SSSR count). The van der Waals surface area contributed by atoms with Crippen molar-refractivity contribution in [1.29, 1.82) is 0 Å². The molecule has 1 amide bonds. The number of hydrogen-bond acceptors (Lipinski definition) is 4. The van der Waals surface area contributed by atoms with Crippen LogP contribution in [0.15, 0.2) is 97.1 Å². The van der Waals surface area contributed by atoms with Crippen molar-refractivity contribution in [2.24, 2.45) is 0 Å². The molecule has 178 valence electrons. The van der Waals surface area contributed by atoms with E-state index in [-0.39, 0.29) is 11.7 Å². The predicted octanol–water partition coefficient (Wildman–Crippen LogP) is 5.16. The standard InChI is InChI=1S/C29H24FN5O/c30-24-13-7-12-23(18-24)26-19-27-31-25(21-8-3-1-4-9-21)20-28(35(27)32-26)33-14-16-34(17-15-33)29(36)22-10-5-2-6-11-22/h1-13,18-20H,14-17H2. The van der Waals surface area contributed by atoms with Gasteiger partial charge in [-0.25, -0.2) is 9.37 Å². The quantitative estimate of drug-likeness (QED) is 0.359. The highest BCUT2D eigenvalue weighted by Crippen LogP contribution is 2.28. The normalized spacial score (nSPS) is 13.8. The van der Waals surface area contributed by atoms with E-state index in [2.05, 4.69) is 4.90 Å². The van der Waals surface area contributed by atoms with Gasteiger partial charge in [-0.1, -0.05) is 60.7 Å². The first kappa shape index (κ1) is 22.0. The van der Waals surface area contributed by atoms with Crippen LogP contribution in [0.2, 0.25) is 0 Å². The summed E-state index contributed by atoms with van der Waals surface area (Å²) in [6, 6.07) is 29.8. The van der Waals surface area contributed by atoms with E-state index in [1.807, 2.05) is 88.3 Å². The van der Waals surface area contributed by atoms with Crippen molar-refractivity contribution < 1.29 is 9.18 Å². The molecule has 2 aromatic heterocycles. The molecule has 3 aromatic carbocycles. The van der Waals surface area contributed by atoms with Crippen LogP contribution >= 0.6 is 0 Å². The van der Waals surface area contributed by atoms with Gasteiger partial charge in [-0.15, -0.1) is 0 Å². The number of carbonyl (C=O) groups excluding carboxylic acids is 1. The molecule has 0 N–H and O–H groups in total. The Kier molecular flexibility index (Phi) is 5.65. The Morgan fingerprint density at radius 3 is 2.14 bits per heavy atom. The monoisotopic (exact) mass is 477 g/mol. The Labute approximate surface area is 208 Å². The van der Waals surface area contributed by atoms with Gasteiger partial charge in [0.1, 0.15) is 11.6 Å². The second-order valence-electron chi connectivity index (χ2n) is 8.82. The molecule has 5 aromatic rings. The molecule has 36 heavy (non-hydrogen) atoms. The lowest BCUT2D eigenvalue weighted by Gasteiger charge is -2.36. The summed E-state index contributed by atoms with van der Waals surface area (Å²) in [5.41, 5.74) is 4.60. The van der Waals surface area contributed by atoms with E-state index >= 15 is 0 Å². The molecule has 1 fully saturated rings. The lowest BCUT2D eigenvalue weighted by atomic mass is 10.1. The fourth-order valence-corrected chi connectivity index (χ4v) is 4.63. The van der Waals surface area contributed by atoms with Gasteiger partial charge in [-0.3, -0.25) is 4.79 Å². The third kappa shape index (κ3) is 4.20. The number of rotatable bonds is 4. The van der Waals surface area contributed by atoms with Gasteiger partial charge in [-0.2, -0.15) is 9.61 Å². The van der Waals surface area contributed by atoms with Crippen LogP contribution in [0.1, 0.15) is 10.4 Å². The first-order chi connectivity index (χ1) is 17.7. The van der Waals surface area contributed by atoms with E-state index in [0.29, 0.717) is 48.6 Å². The van der Waals surface area contributed by atoms with Gasteiger partial charge in [0.25, 0.3) is 5.91 Å². The van der Waals surface area contributed by atoms with E-state index in [4.69, 9.17) is 10.1 Å². The van der Waals surface area contributed by atoms with Crippen LogP contribution in [-0.2, 0) is 0 Å². The molecule has 0 unspecified atom stereocenters. The molecule has 7 heteroatoms. The van der Waals surface area contributed by atoms with Crippen molar-refractivity contribution in [3.8, 4) is 22.5 Å². The first-order valence-corrected chi connectivity index (χ1v) is 12.0. The van der Waals surface area contributed by atoms with Gasteiger partial charge in [0.15, 0.2) is 5.65 Å². The Morgan fingerprint density at radius 1 is 0.722 bits per heavy atom. The Morgan fingerprint density at radius 2 is 1.42 bits per heavy atom. The summed E-state index contributed by atoms with van der Waals surface area (Å²) in [7, 11) is 0. The van der Waals surface area contributed by atoms with Gasteiger partial charge in [0.2, 0.25) is 0 Å². The predicted molar refractivity (Wildman–Crippen MR) is 138 cm³/mol. The summed E-state index contributed by atoms with van der Waals surface area (Å²) in [5.74, 6) is 0.641. The van der Waals surface area contributed by atoms with Crippen molar-refractivity contribution in [2.45, 2.75) is 0 Å². The zero-order valence-corrected chi connectivity index (χ0v) is 19.6. The van der Waals surface area contributed by atoms with Crippen LogP contribution in [-0.4, -0.2) is 51.6 Å². The van der Waals surface area contributed by atoms with E-state index in [1.54, 1.807) is 6.07 Å². The maximum Gasteiger partial charge on any atom is 0.253 e. The van der Waals surface area contributed by atoms with E-state index in [1.165, 1.54) is 12.1 Å². The zero-order chi connectivity index (χ0) is 24.5. The van der Waals surface area contributed by atoms with E-state index < -0.39 is 0 Å². The van der Waals surface area contributed by atoms with Crippen LogP contribution < -0.4 is 4.90 Å². The van der Waals surface area contributed by atoms with Crippen LogP contribution in [0, 0.1) is 5.82 Å². The Balaban J connectivity index is 1.36. The summed E-state index contributed by atoms with van der Waals surface area (Å²) in [5, 5.41) is 4.80. The summed E-state index contributed by atoms with van der Waals surface area (Å²) in [6.07, 6.45) is 0. The summed E-state index contributed by atoms with van der Waals surface area (Å²) < 4.78 is 15.7. The molecular formula is C29H24FN5O. The molecule has 0 spiro atoms. The largest absolute Gasteiger partial charge is 0.353 e. The highest BCUT2D eigenvalue weighted by atomic mass is 19.1. The molecule has 6 nitrogen and oxygen atoms in total. The van der Waals surface area contributed by atoms with Crippen LogP contribution in [0.5, 0.6) is 0 Å². The SMILES string of the molecule is O=C(c1ccccc1)N1CCN(c2cc(-c3ccccc3)nc3cc(-c4cccc(F)c4)nn23)CC1. The molecule has 0 aliphatic carbocycles. The molecule has 0 saturated carbocycles. The number of fused-ring (bicyclic) bond motifs is 1. The third-order valence-electron chi connectivity index (χ3n) is 6.51. The summed E-state index contributed by atoms with van der Waals surface area (Å²) in [6.45, 7) is 2.55. The van der Waals surface area contributed by atoms with E-state index in [9.17, 15) is 9.18 Å². The van der Waals surface area contributed by atoms with Crippen LogP contribution in [0.3, 0.4) is 0 Å². The third-order valence-corrected chi connectivity index (χ3v) is 6.51. The molecule has 0 bridgehead atoms. The van der Waals surface area contributed by atoms with Gasteiger partial charge >= 0.3 is 0 Å². The van der Waals surface area contributed by atoms with Gasteiger partial charge in [0, 0.05) is 55.0 Å². The second-order valence-corrected chi connectivity index (χ2v) is 8.82. The number of piperazine rings is 1. The lowest BCUT2D eigenvalue weighted by Crippen LogP contribution is -2.49. The number of anilines is 1. The second kappa shape index (κ2) is 9.26. The van der Waals surface area contributed by atoms with Crippen molar-refractivity contribution in [3.05, 3.63) is 108 Å². The zero-order valence-electron chi connectivity index (χ0n) is 19.6. The molecule has 3 heterocycles. The topological polar surface area (TPSA) is 53.7 Å². The summed E-state index contributed by atoms with van der Waals surface area (Å²) in [4.78, 5) is 21.9. The molecule has 0 atom stereocenters. The number of nitrogens with zero attached hydrogens (tertiary/aromatic N) is 5. The molecule has 1 aliphatic heterocycles. The molecular weight excluding hydrogens is 453 g/mol. The number of aromatic nitrogens is 3. The number of amides is 1. The Hall–Kier alpha value is -4.52. The maximum atomic E-state index is 13.9. The average molecular weight is 478 g/mol. The molecule has 1 saturated heterocycles. The minimum absolute atomic E-state index is 0.0487. The molecule has 0 radical (unpaired) electrons. The number of benzene rings is 3. The Bertz CT molecular complexity index is 1530. The lowest BCUT2D eigenvalue weighted by molar-refractivity contribution is 0.0746. The number of carbonyl (C=O) groups is 1. The van der Waals surface area contributed by atoms with Gasteiger partial charge in [-0.05, 0) is 24.3 Å². The highest BCUT2D eigenvalue weighted by molar-refractivity contribution is 5.94. The average Bonchev–Trinajstić information content (AvgIpc) is 3.38. The van der Waals surface area contributed by atoms with Crippen molar-refractivity contribution in [2.75, 3.05) is 31.1 Å². The summed E-state index contributed by atoms with van der Waals surface area (Å²) >= 11 is 0. The first-order valence-electron chi connectivity index (χ1n) is 12.0. The van der Waals surface area contributed by atoms with Crippen molar-refractivity contribution >= 4 is 17.4 Å². The van der Waals surface area contributed by atoms with Crippen LogP contribution in [0.4, 0.5) is 10.2 Å². The number of hydrogen-bond donors (Lipinski definition) is 0. The maximum absolute atomic E-state index is 13.9. The van der Waals surface area contributed by atoms with Crippen molar-refractivity contribution in [3.63, 3.8) is 0 Å². The van der Waals surface area contributed by atoms with Crippen LogP contribution in [0.25, 0.3) is 28.2 Å². The minimum Gasteiger partial charge on any atom is -0.353 e. The fourth-order valence-electron chi connectivity index (χ4n) is 4.63. The van der Waals surface area contributed by atoms with Gasteiger partial charge in [0.05, 0.1) is 11.4 Å². The van der Waals surface area contributed by atoms with E-state index in [0.717, 1.165) is 17.1 Å². The fraction of sp³-hybridized carbons (Fsp3) is 0.138. The van der Waals surface area contributed by atoms with Crippen molar-refractivity contribution in [1.82, 2.24) is 19.5 Å². The minimum atomic E-state index is -0.304. The molecule has 1 aliphatic rings. The highest BCUT2D eigenvalue weighted by Gasteiger charge is 2.25. The number of halogens is 1. The smallest absolute Gasteiger partial charge is 0.253 e. The van der Waals surface area contributed by atoms with Gasteiger partial charge < -0.3 is 9.80 Å².